The minimum absolute atomic E-state index is 0.341. The van der Waals surface area contributed by atoms with Gasteiger partial charge in [0.05, 0.1) is 9.98 Å². The monoisotopic (exact) mass is 285 g/mol. The highest BCUT2D eigenvalue weighted by Gasteiger charge is 2.09. The van der Waals surface area contributed by atoms with Gasteiger partial charge in [0.1, 0.15) is 0 Å². The third-order valence-electron chi connectivity index (χ3n) is 1.03. The Morgan fingerprint density at radius 3 is 2.85 bits per heavy atom. The van der Waals surface area contributed by atoms with Crippen LogP contribution in [0.15, 0.2) is 9.98 Å². The summed E-state index contributed by atoms with van der Waals surface area (Å²) in [6, 6.07) is 0. The van der Waals surface area contributed by atoms with Crippen molar-refractivity contribution in [3.05, 3.63) is 9.98 Å². The lowest BCUT2D eigenvalue weighted by molar-refractivity contribution is 0.589. The number of rotatable bonds is 4. The summed E-state index contributed by atoms with van der Waals surface area (Å²) in [5, 5.41) is 0.341. The van der Waals surface area contributed by atoms with Gasteiger partial charge < -0.3 is 0 Å². The van der Waals surface area contributed by atoms with Gasteiger partial charge in [-0.3, -0.25) is 0 Å². The smallest absolute Gasteiger partial charge is 0.246 e. The second-order valence-electron chi connectivity index (χ2n) is 2.07. The third-order valence-corrected chi connectivity index (χ3v) is 3.69. The molecule has 0 aromatic carbocycles. The summed E-state index contributed by atoms with van der Waals surface area (Å²) in [5.74, 6) is 0. The van der Waals surface area contributed by atoms with Gasteiger partial charge in [0.2, 0.25) is 0 Å². The minimum Gasteiger partial charge on any atom is -0.246 e. The van der Waals surface area contributed by atoms with Crippen molar-refractivity contribution in [2.75, 3.05) is 11.3 Å². The van der Waals surface area contributed by atoms with Crippen LogP contribution in [-0.4, -0.2) is 19.9 Å². The van der Waals surface area contributed by atoms with E-state index in [9.17, 15) is 8.42 Å². The molecule has 13 heavy (non-hydrogen) atoms. The van der Waals surface area contributed by atoms with Crippen molar-refractivity contribution < 1.29 is 8.42 Å². The average Bonchev–Trinajstić information content (AvgIpc) is 2.34. The van der Waals surface area contributed by atoms with Gasteiger partial charge in [-0.25, -0.2) is 9.71 Å². The maximum atomic E-state index is 11.1. The predicted molar refractivity (Wildman–Crippen MR) is 56.0 cm³/mol. The van der Waals surface area contributed by atoms with E-state index in [0.29, 0.717) is 11.7 Å². The Morgan fingerprint density at radius 2 is 2.38 bits per heavy atom. The lowest BCUT2D eigenvalue weighted by Gasteiger charge is -2.03. The summed E-state index contributed by atoms with van der Waals surface area (Å²) in [7, 11) is -3.44. The molecule has 0 aliphatic carbocycles. The highest BCUT2D eigenvalue weighted by Crippen LogP contribution is 2.23. The Kier molecular flexibility index (Phi) is 3.65. The minimum atomic E-state index is -3.44. The van der Waals surface area contributed by atoms with Crippen LogP contribution < -0.4 is 9.44 Å². The molecule has 0 saturated heterocycles. The van der Waals surface area contributed by atoms with Gasteiger partial charge in [0, 0.05) is 6.54 Å². The highest BCUT2D eigenvalue weighted by molar-refractivity contribution is 9.11. The third kappa shape index (κ3) is 3.59. The molecule has 8 heteroatoms. The first kappa shape index (κ1) is 10.9. The summed E-state index contributed by atoms with van der Waals surface area (Å²) < 4.78 is 27.6. The molecule has 5 nitrogen and oxygen atoms in total. The van der Waals surface area contributed by atoms with Crippen LogP contribution >= 0.6 is 27.3 Å². The molecule has 1 heterocycles. The van der Waals surface area contributed by atoms with Gasteiger partial charge in [0.15, 0.2) is 5.13 Å². The Labute approximate surface area is 88.9 Å². The predicted octanol–water partition coefficient (Wildman–Crippen LogP) is 1.17. The van der Waals surface area contributed by atoms with Crippen molar-refractivity contribution in [1.82, 2.24) is 9.71 Å². The van der Waals surface area contributed by atoms with E-state index < -0.39 is 10.2 Å². The van der Waals surface area contributed by atoms with Crippen molar-refractivity contribution in [3.63, 3.8) is 0 Å². The molecule has 1 aromatic rings. The molecule has 0 spiro atoms. The molecule has 0 unspecified atom stereocenters. The summed E-state index contributed by atoms with van der Waals surface area (Å²) in [6.07, 6.45) is 1.54. The lowest BCUT2D eigenvalue weighted by Crippen LogP contribution is -2.29. The van der Waals surface area contributed by atoms with Gasteiger partial charge in [-0.15, -0.1) is 0 Å². The van der Waals surface area contributed by atoms with E-state index in [1.807, 2.05) is 0 Å². The van der Waals surface area contributed by atoms with E-state index in [0.717, 1.165) is 3.79 Å². The molecule has 0 amide bonds. The zero-order valence-electron chi connectivity index (χ0n) is 6.74. The molecular formula is C5H8BrN3O2S2. The molecule has 0 aliphatic rings. The number of aromatic nitrogens is 1. The fourth-order valence-corrected chi connectivity index (χ4v) is 2.83. The second-order valence-corrected chi connectivity index (χ2v) is 5.98. The maximum absolute atomic E-state index is 11.1. The molecule has 0 aliphatic heterocycles. The van der Waals surface area contributed by atoms with Crippen molar-refractivity contribution in [2.24, 2.45) is 0 Å². The largest absolute Gasteiger partial charge is 0.300 e. The first-order chi connectivity index (χ1) is 6.03. The van der Waals surface area contributed by atoms with Crippen molar-refractivity contribution in [2.45, 2.75) is 6.92 Å². The van der Waals surface area contributed by atoms with Crippen molar-refractivity contribution in [3.8, 4) is 0 Å². The molecule has 1 aromatic heterocycles. The standard InChI is InChI=1S/C5H8BrN3O2S2/c1-2-8-13(10,11)9-5-7-3-4(6)12-5/h3,8H,2H2,1H3,(H,7,9). The van der Waals surface area contributed by atoms with Crippen molar-refractivity contribution >= 4 is 42.6 Å². The Hall–Kier alpha value is -0.180. The fraction of sp³-hybridized carbons (Fsp3) is 0.400. The molecule has 74 valence electrons. The number of hydrogen-bond donors (Lipinski definition) is 2. The highest BCUT2D eigenvalue weighted by atomic mass is 79.9. The van der Waals surface area contributed by atoms with Gasteiger partial charge in [0.25, 0.3) is 0 Å². The topological polar surface area (TPSA) is 71.1 Å². The van der Waals surface area contributed by atoms with Crippen LogP contribution in [0.1, 0.15) is 6.92 Å². The van der Waals surface area contributed by atoms with Crippen molar-refractivity contribution in [1.29, 1.82) is 0 Å². The van der Waals surface area contributed by atoms with Gasteiger partial charge in [-0.1, -0.05) is 18.3 Å². The van der Waals surface area contributed by atoms with Crippen LogP contribution in [0, 0.1) is 0 Å². The SMILES string of the molecule is CCNS(=O)(=O)Nc1ncc(Br)s1. The molecule has 0 bridgehead atoms. The number of halogens is 1. The number of nitrogens with zero attached hydrogens (tertiary/aromatic N) is 1. The number of nitrogens with one attached hydrogen (secondary N) is 2. The molecule has 0 fully saturated rings. The maximum Gasteiger partial charge on any atom is 0.300 e. The molecule has 0 atom stereocenters. The second kappa shape index (κ2) is 4.36. The van der Waals surface area contributed by atoms with Gasteiger partial charge in [-0.2, -0.15) is 13.1 Å². The zero-order chi connectivity index (χ0) is 9.90. The van der Waals surface area contributed by atoms with Crippen LogP contribution in [0.25, 0.3) is 0 Å². The quantitative estimate of drug-likeness (QED) is 0.873. The van der Waals surface area contributed by atoms with E-state index in [1.165, 1.54) is 17.5 Å². The van der Waals surface area contributed by atoms with Gasteiger partial charge in [-0.05, 0) is 15.9 Å². The normalized spacial score (nSPS) is 11.5. The summed E-state index contributed by atoms with van der Waals surface area (Å²) >= 11 is 4.40. The Bertz CT molecular complexity index is 375. The van der Waals surface area contributed by atoms with E-state index in [2.05, 4.69) is 30.4 Å². The van der Waals surface area contributed by atoms with Crippen LogP contribution in [0.5, 0.6) is 0 Å². The zero-order valence-corrected chi connectivity index (χ0v) is 9.96. The lowest BCUT2D eigenvalue weighted by atomic mass is 10.8. The first-order valence-electron chi connectivity index (χ1n) is 3.42. The first-order valence-corrected chi connectivity index (χ1v) is 6.51. The number of anilines is 1. The molecule has 0 saturated carbocycles. The van der Waals surface area contributed by atoms with Gasteiger partial charge >= 0.3 is 10.2 Å². The Morgan fingerprint density at radius 1 is 1.69 bits per heavy atom. The van der Waals surface area contributed by atoms with E-state index in [4.69, 9.17) is 0 Å². The van der Waals surface area contributed by atoms with Crippen LogP contribution in [0.4, 0.5) is 5.13 Å². The molecular weight excluding hydrogens is 278 g/mol. The van der Waals surface area contributed by atoms with Crippen LogP contribution in [-0.2, 0) is 10.2 Å². The Balaban J connectivity index is 2.69. The average molecular weight is 286 g/mol. The molecule has 0 radical (unpaired) electrons. The van der Waals surface area contributed by atoms with Crippen LogP contribution in [0.3, 0.4) is 0 Å². The van der Waals surface area contributed by atoms with E-state index >= 15 is 0 Å². The summed E-state index contributed by atoms with van der Waals surface area (Å²) in [5.41, 5.74) is 0. The summed E-state index contributed by atoms with van der Waals surface area (Å²) in [6.45, 7) is 2.05. The fourth-order valence-electron chi connectivity index (χ4n) is 0.643. The molecule has 2 N–H and O–H groups in total. The number of thiazole rings is 1. The number of hydrogen-bond acceptors (Lipinski definition) is 4. The molecule has 1 rings (SSSR count). The van der Waals surface area contributed by atoms with E-state index in [-0.39, 0.29) is 0 Å². The van der Waals surface area contributed by atoms with E-state index in [1.54, 1.807) is 6.92 Å². The van der Waals surface area contributed by atoms with Crippen LogP contribution in [0.2, 0.25) is 0 Å². The summed E-state index contributed by atoms with van der Waals surface area (Å²) in [4.78, 5) is 3.82.